The average molecular weight is 165 g/mol. The van der Waals surface area contributed by atoms with E-state index in [2.05, 4.69) is 20.7 Å². The maximum absolute atomic E-state index is 5.68. The van der Waals surface area contributed by atoms with Gasteiger partial charge < -0.3 is 16.9 Å². The summed E-state index contributed by atoms with van der Waals surface area (Å²) in [5.74, 6) is 0. The molecule has 62 valence electrons. The zero-order valence-electron chi connectivity index (χ0n) is 6.97. The first kappa shape index (κ1) is 12.6. The van der Waals surface area contributed by atoms with E-state index in [1.54, 1.807) is 0 Å². The predicted octanol–water partition coefficient (Wildman–Crippen LogP) is -2.44. The predicted molar refractivity (Wildman–Crippen MR) is 40.8 cm³/mol. The molecule has 0 aliphatic heterocycles. The van der Waals surface area contributed by atoms with E-state index >= 15 is 0 Å². The molecule has 0 saturated heterocycles. The maximum atomic E-state index is 5.68. The van der Waals surface area contributed by atoms with Crippen LogP contribution in [0.5, 0.6) is 0 Å². The van der Waals surface area contributed by atoms with Crippen LogP contribution in [0.2, 0.25) is 0 Å². The molecular formula is C7H17ClN2. The van der Waals surface area contributed by atoms with E-state index in [4.69, 9.17) is 5.73 Å². The highest BCUT2D eigenvalue weighted by Gasteiger charge is 2.16. The van der Waals surface area contributed by atoms with Gasteiger partial charge >= 0.3 is 0 Å². The highest BCUT2D eigenvalue weighted by molar-refractivity contribution is 4.64. The van der Waals surface area contributed by atoms with Crippen LogP contribution in [0.1, 0.15) is 6.92 Å². The molecule has 1 unspecified atom stereocenters. The SMILES string of the molecule is C=CC[N+](C)(C)C(C)N.[Cl-]. The van der Waals surface area contributed by atoms with Crippen LogP contribution in [0.4, 0.5) is 0 Å². The van der Waals surface area contributed by atoms with E-state index in [0.29, 0.717) is 0 Å². The van der Waals surface area contributed by atoms with Gasteiger partial charge in [-0.1, -0.05) is 6.58 Å². The van der Waals surface area contributed by atoms with E-state index in [9.17, 15) is 0 Å². The summed E-state index contributed by atoms with van der Waals surface area (Å²) in [5, 5.41) is 0. The third-order valence-corrected chi connectivity index (χ3v) is 1.70. The molecule has 0 amide bonds. The Morgan fingerprint density at radius 3 is 2.10 bits per heavy atom. The zero-order valence-corrected chi connectivity index (χ0v) is 7.73. The van der Waals surface area contributed by atoms with Crippen molar-refractivity contribution in [3.05, 3.63) is 12.7 Å². The molecule has 10 heavy (non-hydrogen) atoms. The quantitative estimate of drug-likeness (QED) is 0.280. The van der Waals surface area contributed by atoms with Crippen LogP contribution in [0, 0.1) is 0 Å². The van der Waals surface area contributed by atoms with Crippen molar-refractivity contribution in [1.29, 1.82) is 0 Å². The highest BCUT2D eigenvalue weighted by atomic mass is 35.5. The Hall–Kier alpha value is -0.0500. The number of quaternary nitrogens is 1. The third kappa shape index (κ3) is 3.88. The van der Waals surface area contributed by atoms with Gasteiger partial charge in [0.1, 0.15) is 6.17 Å². The molecule has 0 aromatic rings. The lowest BCUT2D eigenvalue weighted by atomic mass is 10.4. The van der Waals surface area contributed by atoms with E-state index < -0.39 is 0 Å². The second kappa shape index (κ2) is 4.72. The molecule has 0 aromatic heterocycles. The Labute approximate surface area is 69.7 Å². The van der Waals surface area contributed by atoms with Crippen molar-refractivity contribution in [2.45, 2.75) is 13.1 Å². The first-order valence-electron chi connectivity index (χ1n) is 3.20. The van der Waals surface area contributed by atoms with Gasteiger partial charge in [0.05, 0.1) is 20.6 Å². The fourth-order valence-corrected chi connectivity index (χ4v) is 0.499. The Kier molecular flexibility index (Phi) is 5.95. The maximum Gasteiger partial charge on any atom is 0.137 e. The lowest BCUT2D eigenvalue weighted by molar-refractivity contribution is -0.907. The normalized spacial score (nSPS) is 13.6. The molecular weight excluding hydrogens is 148 g/mol. The fraction of sp³-hybridized carbons (Fsp3) is 0.714. The van der Waals surface area contributed by atoms with Crippen LogP contribution < -0.4 is 18.1 Å². The van der Waals surface area contributed by atoms with Crippen molar-refractivity contribution in [3.8, 4) is 0 Å². The standard InChI is InChI=1S/C7H17N2.ClH/c1-5-6-9(3,4)7(2)8;/h5,7H,1,6,8H2,2-4H3;1H/q+1;/p-1. The molecule has 0 rings (SSSR count). The van der Waals surface area contributed by atoms with E-state index in [0.717, 1.165) is 11.0 Å². The molecule has 2 N–H and O–H groups in total. The highest BCUT2D eigenvalue weighted by Crippen LogP contribution is 1.99. The first-order chi connectivity index (χ1) is 4.00. The first-order valence-corrected chi connectivity index (χ1v) is 3.20. The summed E-state index contributed by atoms with van der Waals surface area (Å²) in [4.78, 5) is 0. The second-order valence-corrected chi connectivity index (χ2v) is 2.99. The number of hydrogen-bond donors (Lipinski definition) is 1. The molecule has 1 atom stereocenters. The van der Waals surface area contributed by atoms with Gasteiger partial charge in [-0.2, -0.15) is 0 Å². The molecule has 2 nitrogen and oxygen atoms in total. The van der Waals surface area contributed by atoms with Crippen molar-refractivity contribution in [1.82, 2.24) is 0 Å². The number of hydrogen-bond acceptors (Lipinski definition) is 1. The summed E-state index contributed by atoms with van der Waals surface area (Å²) in [6, 6.07) is 0. The van der Waals surface area contributed by atoms with Crippen LogP contribution in [-0.4, -0.2) is 31.3 Å². The molecule has 0 aromatic carbocycles. The molecule has 0 radical (unpaired) electrons. The number of nitrogens with two attached hydrogens (primary N) is 1. The topological polar surface area (TPSA) is 26.0 Å². The van der Waals surface area contributed by atoms with Crippen LogP contribution in [-0.2, 0) is 0 Å². The Bertz CT molecular complexity index is 99.8. The van der Waals surface area contributed by atoms with Crippen LogP contribution >= 0.6 is 0 Å². The summed E-state index contributed by atoms with van der Waals surface area (Å²) < 4.78 is 0.809. The molecule has 0 heterocycles. The second-order valence-electron chi connectivity index (χ2n) is 2.99. The van der Waals surface area contributed by atoms with Crippen molar-refractivity contribution in [3.63, 3.8) is 0 Å². The molecule has 3 heteroatoms. The Morgan fingerprint density at radius 1 is 1.60 bits per heavy atom. The fourth-order valence-electron chi connectivity index (χ4n) is 0.499. The van der Waals surface area contributed by atoms with Crippen molar-refractivity contribution < 1.29 is 16.9 Å². The summed E-state index contributed by atoms with van der Waals surface area (Å²) >= 11 is 0. The third-order valence-electron chi connectivity index (χ3n) is 1.70. The minimum Gasteiger partial charge on any atom is -1.00 e. The van der Waals surface area contributed by atoms with Gasteiger partial charge in [-0.15, -0.1) is 0 Å². The minimum absolute atomic E-state index is 0. The van der Waals surface area contributed by atoms with Crippen LogP contribution in [0.15, 0.2) is 12.7 Å². The smallest absolute Gasteiger partial charge is 0.137 e. The average Bonchev–Trinajstić information content (AvgIpc) is 1.65. The lowest BCUT2D eigenvalue weighted by Crippen LogP contribution is -3.00. The Morgan fingerprint density at radius 2 is 2.00 bits per heavy atom. The van der Waals surface area contributed by atoms with Crippen molar-refractivity contribution in [2.75, 3.05) is 20.6 Å². The zero-order chi connectivity index (χ0) is 7.49. The largest absolute Gasteiger partial charge is 1.00 e. The van der Waals surface area contributed by atoms with E-state index in [1.807, 2.05) is 13.0 Å². The van der Waals surface area contributed by atoms with E-state index in [-0.39, 0.29) is 18.6 Å². The van der Waals surface area contributed by atoms with Gasteiger partial charge in [-0.05, 0) is 6.08 Å². The Balaban J connectivity index is 0. The van der Waals surface area contributed by atoms with Crippen molar-refractivity contribution >= 4 is 0 Å². The summed E-state index contributed by atoms with van der Waals surface area (Å²) in [5.41, 5.74) is 5.68. The lowest BCUT2D eigenvalue weighted by Gasteiger charge is -2.32. The molecule has 0 spiro atoms. The van der Waals surface area contributed by atoms with Gasteiger partial charge in [0, 0.05) is 6.92 Å². The summed E-state index contributed by atoms with van der Waals surface area (Å²) in [7, 11) is 4.18. The molecule has 0 fully saturated rings. The van der Waals surface area contributed by atoms with Gasteiger partial charge in [0.15, 0.2) is 0 Å². The van der Waals surface area contributed by atoms with Gasteiger partial charge in [0.2, 0.25) is 0 Å². The molecule has 0 bridgehead atoms. The number of likely N-dealkylation sites (N-methyl/N-ethyl adjacent to an activating group) is 1. The summed E-state index contributed by atoms with van der Waals surface area (Å²) in [6.07, 6.45) is 2.08. The van der Waals surface area contributed by atoms with Crippen LogP contribution in [0.3, 0.4) is 0 Å². The molecule has 0 aliphatic carbocycles. The van der Waals surface area contributed by atoms with Crippen molar-refractivity contribution in [2.24, 2.45) is 5.73 Å². The number of nitrogens with zero attached hydrogens (tertiary/aromatic N) is 1. The van der Waals surface area contributed by atoms with Gasteiger partial charge in [-0.25, -0.2) is 0 Å². The van der Waals surface area contributed by atoms with E-state index in [1.165, 1.54) is 0 Å². The van der Waals surface area contributed by atoms with Crippen LogP contribution in [0.25, 0.3) is 0 Å². The van der Waals surface area contributed by atoms with Gasteiger partial charge in [-0.3, -0.25) is 5.73 Å². The monoisotopic (exact) mass is 164 g/mol. The molecule has 0 saturated carbocycles. The minimum atomic E-state index is 0. The summed E-state index contributed by atoms with van der Waals surface area (Å²) in [6.45, 7) is 6.59. The number of rotatable bonds is 3. The molecule has 0 aliphatic rings. The number of halogens is 1. The van der Waals surface area contributed by atoms with Gasteiger partial charge in [0.25, 0.3) is 0 Å².